The third-order valence-electron chi connectivity index (χ3n) is 5.98. The van der Waals surface area contributed by atoms with Gasteiger partial charge >= 0.3 is 0 Å². The first-order chi connectivity index (χ1) is 15.1. The number of allylic oxidation sites excluding steroid dienone is 1. The monoisotopic (exact) mass is 437 g/mol. The SMILES string of the molecule is O=C(/C=C/[C@@H]1CC1(c1ccc(F)cc1)c1ccc(F)cc1)NCCCCc1ccsc1. The van der Waals surface area contributed by atoms with Crippen LogP contribution in [0.15, 0.2) is 77.5 Å². The molecule has 2 nitrogen and oxygen atoms in total. The maximum atomic E-state index is 13.4. The van der Waals surface area contributed by atoms with Gasteiger partial charge in [0.1, 0.15) is 11.6 Å². The van der Waals surface area contributed by atoms with E-state index in [9.17, 15) is 13.6 Å². The van der Waals surface area contributed by atoms with E-state index in [1.54, 1.807) is 41.7 Å². The van der Waals surface area contributed by atoms with Gasteiger partial charge in [-0.2, -0.15) is 11.3 Å². The molecule has 1 fully saturated rings. The number of hydrogen-bond acceptors (Lipinski definition) is 2. The summed E-state index contributed by atoms with van der Waals surface area (Å²) in [5.74, 6) is -0.574. The lowest BCUT2D eigenvalue weighted by molar-refractivity contribution is -0.116. The van der Waals surface area contributed by atoms with Crippen LogP contribution in [0.5, 0.6) is 0 Å². The number of carbonyl (C=O) groups is 1. The van der Waals surface area contributed by atoms with E-state index in [-0.39, 0.29) is 28.9 Å². The topological polar surface area (TPSA) is 29.1 Å². The first-order valence-corrected chi connectivity index (χ1v) is 11.5. The van der Waals surface area contributed by atoms with Crippen molar-refractivity contribution in [2.45, 2.75) is 31.1 Å². The number of thiophene rings is 1. The lowest BCUT2D eigenvalue weighted by atomic mass is 9.85. The first-order valence-electron chi connectivity index (χ1n) is 10.6. The summed E-state index contributed by atoms with van der Waals surface area (Å²) in [6, 6.07) is 15.0. The fourth-order valence-corrected chi connectivity index (χ4v) is 4.91. The summed E-state index contributed by atoms with van der Waals surface area (Å²) < 4.78 is 26.9. The van der Waals surface area contributed by atoms with Gasteiger partial charge in [-0.05, 0) is 95.5 Å². The van der Waals surface area contributed by atoms with Crippen molar-refractivity contribution in [3.05, 3.63) is 106 Å². The van der Waals surface area contributed by atoms with E-state index in [0.29, 0.717) is 6.54 Å². The normalized spacial score (nSPS) is 17.0. The molecule has 1 aliphatic carbocycles. The lowest BCUT2D eigenvalue weighted by Crippen LogP contribution is -2.22. The summed E-state index contributed by atoms with van der Waals surface area (Å²) in [6.45, 7) is 0.652. The number of hydrogen-bond donors (Lipinski definition) is 1. The van der Waals surface area contributed by atoms with Gasteiger partial charge in [-0.15, -0.1) is 0 Å². The molecule has 1 amide bonds. The fourth-order valence-electron chi connectivity index (χ4n) is 4.21. The lowest BCUT2D eigenvalue weighted by Gasteiger charge is -2.18. The molecule has 0 radical (unpaired) electrons. The van der Waals surface area contributed by atoms with E-state index in [1.165, 1.54) is 29.8 Å². The summed E-state index contributed by atoms with van der Waals surface area (Å²) in [7, 11) is 0. The summed E-state index contributed by atoms with van der Waals surface area (Å²) in [5, 5.41) is 7.18. The molecule has 1 atom stereocenters. The average Bonchev–Trinajstić information content (AvgIpc) is 3.26. The van der Waals surface area contributed by atoms with Gasteiger partial charge < -0.3 is 5.32 Å². The van der Waals surface area contributed by atoms with E-state index in [0.717, 1.165) is 36.8 Å². The summed E-state index contributed by atoms with van der Waals surface area (Å²) in [4.78, 5) is 12.2. The molecule has 0 bridgehead atoms. The second kappa shape index (κ2) is 9.56. The number of unbranched alkanes of at least 4 members (excludes halogenated alkanes) is 1. The Hall–Kier alpha value is -2.79. The third-order valence-corrected chi connectivity index (χ3v) is 6.72. The van der Waals surface area contributed by atoms with Crippen LogP contribution < -0.4 is 5.32 Å². The molecule has 0 unspecified atom stereocenters. The quantitative estimate of drug-likeness (QED) is 0.321. The Morgan fingerprint density at radius 2 is 1.65 bits per heavy atom. The third kappa shape index (κ3) is 5.10. The first kappa shape index (κ1) is 21.4. The van der Waals surface area contributed by atoms with Crippen LogP contribution in [-0.4, -0.2) is 12.5 Å². The van der Waals surface area contributed by atoms with Crippen LogP contribution in [0.4, 0.5) is 8.78 Å². The molecule has 31 heavy (non-hydrogen) atoms. The van der Waals surface area contributed by atoms with Crippen LogP contribution in [0.3, 0.4) is 0 Å². The predicted octanol–water partition coefficient (Wildman–Crippen LogP) is 6.03. The van der Waals surface area contributed by atoms with Gasteiger partial charge in [0.2, 0.25) is 5.91 Å². The Bertz CT molecular complexity index is 981. The van der Waals surface area contributed by atoms with Gasteiger partial charge in [0.15, 0.2) is 0 Å². The molecular weight excluding hydrogens is 412 g/mol. The number of aryl methyl sites for hydroxylation is 1. The molecule has 5 heteroatoms. The maximum absolute atomic E-state index is 13.4. The fraction of sp³-hybridized carbons (Fsp3) is 0.269. The number of nitrogens with one attached hydrogen (secondary N) is 1. The van der Waals surface area contributed by atoms with Crippen LogP contribution in [0, 0.1) is 17.6 Å². The Labute approximate surface area is 185 Å². The van der Waals surface area contributed by atoms with Gasteiger partial charge in [-0.3, -0.25) is 4.79 Å². The van der Waals surface area contributed by atoms with E-state index in [2.05, 4.69) is 22.1 Å². The molecule has 0 saturated heterocycles. The minimum atomic E-state index is -0.348. The Morgan fingerprint density at radius 1 is 1.00 bits per heavy atom. The molecule has 160 valence electrons. The molecule has 0 spiro atoms. The molecule has 1 saturated carbocycles. The standard InChI is InChI=1S/C26H25F2NOS/c27-23-9-4-20(5-10-23)26(21-6-11-24(28)12-7-21)17-22(26)8-13-25(30)29-15-2-1-3-19-14-16-31-18-19/h4-14,16,18,22H,1-3,15,17H2,(H,29,30)/b13-8+/t22-/m1/s1. The smallest absolute Gasteiger partial charge is 0.243 e. The van der Waals surface area contributed by atoms with E-state index >= 15 is 0 Å². The van der Waals surface area contributed by atoms with Crippen molar-refractivity contribution in [2.24, 2.45) is 5.92 Å². The Kier molecular flexibility index (Phi) is 6.62. The van der Waals surface area contributed by atoms with Crippen molar-refractivity contribution in [2.75, 3.05) is 6.54 Å². The van der Waals surface area contributed by atoms with Crippen LogP contribution in [0.1, 0.15) is 36.0 Å². The van der Waals surface area contributed by atoms with Crippen molar-refractivity contribution in [3.63, 3.8) is 0 Å². The number of amides is 1. The number of carbonyl (C=O) groups excluding carboxylic acids is 1. The van der Waals surface area contributed by atoms with E-state index < -0.39 is 0 Å². The average molecular weight is 438 g/mol. The highest BCUT2D eigenvalue weighted by Crippen LogP contribution is 2.59. The largest absolute Gasteiger partial charge is 0.353 e. The van der Waals surface area contributed by atoms with Crippen LogP contribution in [0.25, 0.3) is 0 Å². The summed E-state index contributed by atoms with van der Waals surface area (Å²) in [6.07, 6.45) is 7.34. The van der Waals surface area contributed by atoms with Gasteiger partial charge in [0, 0.05) is 12.0 Å². The van der Waals surface area contributed by atoms with Gasteiger partial charge in [-0.1, -0.05) is 30.3 Å². The molecule has 1 aliphatic rings. The zero-order valence-electron chi connectivity index (χ0n) is 17.2. The van der Waals surface area contributed by atoms with Crippen LogP contribution in [0.2, 0.25) is 0 Å². The number of rotatable bonds is 9. The van der Waals surface area contributed by atoms with E-state index in [1.807, 2.05) is 6.08 Å². The molecule has 3 aromatic rings. The highest BCUT2D eigenvalue weighted by atomic mass is 32.1. The Morgan fingerprint density at radius 3 is 2.23 bits per heavy atom. The van der Waals surface area contributed by atoms with Crippen molar-refractivity contribution < 1.29 is 13.6 Å². The summed E-state index contributed by atoms with van der Waals surface area (Å²) >= 11 is 1.71. The number of halogens is 2. The van der Waals surface area contributed by atoms with Gasteiger partial charge in [0.05, 0.1) is 0 Å². The van der Waals surface area contributed by atoms with Crippen LogP contribution in [-0.2, 0) is 16.6 Å². The van der Waals surface area contributed by atoms with Crippen molar-refractivity contribution in [1.29, 1.82) is 0 Å². The molecule has 1 aromatic heterocycles. The zero-order valence-corrected chi connectivity index (χ0v) is 18.0. The second-order valence-electron chi connectivity index (χ2n) is 8.03. The molecule has 4 rings (SSSR count). The molecule has 2 aromatic carbocycles. The Balaban J connectivity index is 1.35. The highest BCUT2D eigenvalue weighted by Gasteiger charge is 2.55. The minimum absolute atomic E-state index is 0.102. The highest BCUT2D eigenvalue weighted by molar-refractivity contribution is 7.07. The van der Waals surface area contributed by atoms with Gasteiger partial charge in [-0.25, -0.2) is 8.78 Å². The predicted molar refractivity (Wildman–Crippen MR) is 121 cm³/mol. The van der Waals surface area contributed by atoms with Gasteiger partial charge in [0.25, 0.3) is 0 Å². The zero-order chi connectivity index (χ0) is 21.7. The van der Waals surface area contributed by atoms with E-state index in [4.69, 9.17) is 0 Å². The van der Waals surface area contributed by atoms with Crippen LogP contribution >= 0.6 is 11.3 Å². The number of benzene rings is 2. The summed E-state index contributed by atoms with van der Waals surface area (Å²) in [5.41, 5.74) is 2.95. The van der Waals surface area contributed by atoms with Crippen molar-refractivity contribution >= 4 is 17.2 Å². The van der Waals surface area contributed by atoms with Crippen molar-refractivity contribution in [1.82, 2.24) is 5.32 Å². The molecule has 0 aliphatic heterocycles. The second-order valence-corrected chi connectivity index (χ2v) is 8.81. The molecule has 1 heterocycles. The minimum Gasteiger partial charge on any atom is -0.353 e. The maximum Gasteiger partial charge on any atom is 0.243 e. The molecule has 1 N–H and O–H groups in total. The van der Waals surface area contributed by atoms with Crippen molar-refractivity contribution in [3.8, 4) is 0 Å². The molecular formula is C26H25F2NOS.